The Morgan fingerprint density at radius 1 is 1.53 bits per heavy atom. The lowest BCUT2D eigenvalue weighted by molar-refractivity contribution is -0.141. The number of nitrogens with two attached hydrogens (primary N) is 1. The summed E-state index contributed by atoms with van der Waals surface area (Å²) in [5.41, 5.74) is 6.91. The third-order valence-electron chi connectivity index (χ3n) is 2.83. The Labute approximate surface area is 102 Å². The van der Waals surface area contributed by atoms with Crippen LogP contribution >= 0.6 is 11.3 Å². The van der Waals surface area contributed by atoms with Crippen molar-refractivity contribution < 1.29 is 19.4 Å². The number of esters is 1. The summed E-state index contributed by atoms with van der Waals surface area (Å²) >= 11 is 1.29. The number of rotatable bonds is 3. The van der Waals surface area contributed by atoms with Crippen molar-refractivity contribution in [3.8, 4) is 0 Å². The molecule has 1 aromatic heterocycles. The van der Waals surface area contributed by atoms with Gasteiger partial charge < -0.3 is 15.6 Å². The first-order chi connectivity index (χ1) is 8.04. The van der Waals surface area contributed by atoms with Crippen molar-refractivity contribution in [2.75, 3.05) is 12.3 Å². The van der Waals surface area contributed by atoms with Gasteiger partial charge in [0.05, 0.1) is 18.1 Å². The van der Waals surface area contributed by atoms with E-state index in [-0.39, 0.29) is 6.61 Å². The Kier molecular flexibility index (Phi) is 3.06. The summed E-state index contributed by atoms with van der Waals surface area (Å²) in [5, 5.41) is 9.39. The van der Waals surface area contributed by atoms with Crippen molar-refractivity contribution in [2.24, 2.45) is 5.92 Å². The third kappa shape index (κ3) is 2.00. The van der Waals surface area contributed by atoms with Gasteiger partial charge in [0.1, 0.15) is 5.00 Å². The van der Waals surface area contributed by atoms with Crippen molar-refractivity contribution in [3.63, 3.8) is 0 Å². The van der Waals surface area contributed by atoms with Gasteiger partial charge >= 0.3 is 11.9 Å². The Hall–Kier alpha value is -1.56. The van der Waals surface area contributed by atoms with Crippen molar-refractivity contribution in [1.82, 2.24) is 0 Å². The molecule has 1 aliphatic rings. The Morgan fingerprint density at radius 2 is 2.24 bits per heavy atom. The molecule has 6 heteroatoms. The van der Waals surface area contributed by atoms with Gasteiger partial charge in [-0.15, -0.1) is 11.3 Å². The summed E-state index contributed by atoms with van der Waals surface area (Å²) in [4.78, 5) is 23.5. The Morgan fingerprint density at radius 3 is 2.82 bits per heavy atom. The molecule has 0 fully saturated rings. The van der Waals surface area contributed by atoms with Crippen LogP contribution in [0.1, 0.15) is 27.7 Å². The van der Waals surface area contributed by atoms with E-state index in [1.54, 1.807) is 6.92 Å². The van der Waals surface area contributed by atoms with Crippen LogP contribution in [0.4, 0.5) is 5.00 Å². The Bertz CT molecular complexity index is 480. The number of hydrogen-bond donors (Lipinski definition) is 2. The van der Waals surface area contributed by atoms with E-state index in [9.17, 15) is 9.59 Å². The summed E-state index contributed by atoms with van der Waals surface area (Å²) in [6.45, 7) is 2.01. The highest BCUT2D eigenvalue weighted by Crippen LogP contribution is 2.39. The lowest BCUT2D eigenvalue weighted by Crippen LogP contribution is -2.14. The van der Waals surface area contributed by atoms with Crippen molar-refractivity contribution >= 4 is 28.3 Å². The van der Waals surface area contributed by atoms with Gasteiger partial charge in [-0.05, 0) is 25.3 Å². The van der Waals surface area contributed by atoms with Crippen LogP contribution in [0.2, 0.25) is 0 Å². The van der Waals surface area contributed by atoms with Crippen molar-refractivity contribution in [1.29, 1.82) is 0 Å². The smallest absolute Gasteiger partial charge is 0.341 e. The van der Waals surface area contributed by atoms with Gasteiger partial charge in [-0.1, -0.05) is 0 Å². The topological polar surface area (TPSA) is 89.6 Å². The number of anilines is 1. The van der Waals surface area contributed by atoms with Crippen LogP contribution in [0.5, 0.6) is 0 Å². The number of carboxylic acids is 1. The van der Waals surface area contributed by atoms with Gasteiger partial charge in [-0.2, -0.15) is 0 Å². The monoisotopic (exact) mass is 255 g/mol. The molecule has 5 nitrogen and oxygen atoms in total. The van der Waals surface area contributed by atoms with Crippen LogP contribution in [0.3, 0.4) is 0 Å². The molecule has 0 saturated carbocycles. The predicted octanol–water partition coefficient (Wildman–Crippen LogP) is 1.31. The number of carbonyl (C=O) groups excluding carboxylic acids is 1. The van der Waals surface area contributed by atoms with E-state index in [0.29, 0.717) is 23.4 Å². The molecule has 1 aliphatic carbocycles. The third-order valence-corrected chi connectivity index (χ3v) is 3.91. The summed E-state index contributed by atoms with van der Waals surface area (Å²) < 4.78 is 4.93. The van der Waals surface area contributed by atoms with Gasteiger partial charge in [0.25, 0.3) is 0 Å². The van der Waals surface area contributed by atoms with E-state index < -0.39 is 17.9 Å². The summed E-state index contributed by atoms with van der Waals surface area (Å²) in [7, 11) is 0. The molecule has 1 heterocycles. The van der Waals surface area contributed by atoms with Crippen LogP contribution in [-0.2, 0) is 22.4 Å². The zero-order valence-corrected chi connectivity index (χ0v) is 10.2. The van der Waals surface area contributed by atoms with Crippen molar-refractivity contribution in [2.45, 2.75) is 19.8 Å². The molecule has 0 spiro atoms. The molecule has 0 amide bonds. The van der Waals surface area contributed by atoms with E-state index in [1.165, 1.54) is 11.3 Å². The van der Waals surface area contributed by atoms with Crippen LogP contribution in [-0.4, -0.2) is 23.7 Å². The number of thiophene rings is 1. The number of hydrogen-bond acceptors (Lipinski definition) is 5. The fourth-order valence-electron chi connectivity index (χ4n) is 2.06. The highest BCUT2D eigenvalue weighted by atomic mass is 32.1. The lowest BCUT2D eigenvalue weighted by Gasteiger charge is -2.05. The fraction of sp³-hybridized carbons (Fsp3) is 0.455. The molecule has 0 aliphatic heterocycles. The summed E-state index contributed by atoms with van der Waals surface area (Å²) in [5.74, 6) is -1.72. The molecule has 0 bridgehead atoms. The minimum absolute atomic E-state index is 0.283. The maximum atomic E-state index is 11.7. The second-order valence-electron chi connectivity index (χ2n) is 3.91. The molecule has 17 heavy (non-hydrogen) atoms. The largest absolute Gasteiger partial charge is 0.481 e. The summed E-state index contributed by atoms with van der Waals surface area (Å²) in [6, 6.07) is 0. The number of carboxylic acid groups (broad SMARTS) is 1. The number of fused-ring (bicyclic) bond motifs is 1. The first-order valence-electron chi connectivity index (χ1n) is 5.34. The van der Waals surface area contributed by atoms with Gasteiger partial charge in [-0.25, -0.2) is 4.79 Å². The number of ether oxygens (including phenoxy) is 1. The molecule has 0 aromatic carbocycles. The number of aliphatic carboxylic acids is 1. The lowest BCUT2D eigenvalue weighted by atomic mass is 10.1. The second kappa shape index (κ2) is 4.37. The molecule has 0 saturated heterocycles. The molecule has 0 unspecified atom stereocenters. The minimum Gasteiger partial charge on any atom is -0.481 e. The maximum Gasteiger partial charge on any atom is 0.341 e. The van der Waals surface area contributed by atoms with Gasteiger partial charge in [0, 0.05) is 4.88 Å². The van der Waals surface area contributed by atoms with E-state index in [1.807, 2.05) is 0 Å². The number of nitrogen functional groups attached to an aromatic ring is 1. The number of carbonyl (C=O) groups is 2. The fourth-order valence-corrected chi connectivity index (χ4v) is 3.23. The molecule has 92 valence electrons. The van der Waals surface area contributed by atoms with Gasteiger partial charge in [-0.3, -0.25) is 4.79 Å². The van der Waals surface area contributed by atoms with Gasteiger partial charge in [0.15, 0.2) is 0 Å². The average Bonchev–Trinajstić information content (AvgIpc) is 2.73. The molecule has 0 radical (unpaired) electrons. The van der Waals surface area contributed by atoms with E-state index in [4.69, 9.17) is 15.6 Å². The SMILES string of the molecule is CCOC(=O)c1c(N)sc2c1C[C@@H](C(=O)O)C2. The average molecular weight is 255 g/mol. The van der Waals surface area contributed by atoms with Crippen LogP contribution in [0.15, 0.2) is 0 Å². The molecule has 3 N–H and O–H groups in total. The maximum absolute atomic E-state index is 11.7. The van der Waals surface area contributed by atoms with Crippen molar-refractivity contribution in [3.05, 3.63) is 16.0 Å². The minimum atomic E-state index is -0.832. The van der Waals surface area contributed by atoms with Crippen LogP contribution < -0.4 is 5.73 Å². The van der Waals surface area contributed by atoms with E-state index in [0.717, 1.165) is 10.4 Å². The predicted molar refractivity (Wildman–Crippen MR) is 63.2 cm³/mol. The summed E-state index contributed by atoms with van der Waals surface area (Å²) in [6.07, 6.45) is 0.825. The molecular formula is C11H13NO4S. The molecule has 1 aromatic rings. The Balaban J connectivity index is 2.32. The highest BCUT2D eigenvalue weighted by Gasteiger charge is 2.34. The normalized spacial score (nSPS) is 17.8. The second-order valence-corrected chi connectivity index (χ2v) is 5.04. The van der Waals surface area contributed by atoms with Gasteiger partial charge in [0.2, 0.25) is 0 Å². The first-order valence-corrected chi connectivity index (χ1v) is 6.16. The first kappa shape index (κ1) is 11.9. The molecular weight excluding hydrogens is 242 g/mol. The standard InChI is InChI=1S/C11H13NO4S/c1-2-16-11(15)8-6-3-5(10(13)14)4-7(6)17-9(8)12/h5H,2-4,12H2,1H3,(H,13,14)/t5-/m1/s1. The van der Waals surface area contributed by atoms with Crippen LogP contribution in [0, 0.1) is 5.92 Å². The molecule has 1 atom stereocenters. The molecule has 2 rings (SSSR count). The zero-order chi connectivity index (χ0) is 12.6. The van der Waals surface area contributed by atoms with Crippen LogP contribution in [0.25, 0.3) is 0 Å². The highest BCUT2D eigenvalue weighted by molar-refractivity contribution is 7.16. The quantitative estimate of drug-likeness (QED) is 0.795. The zero-order valence-electron chi connectivity index (χ0n) is 9.36. The van der Waals surface area contributed by atoms with E-state index >= 15 is 0 Å². The van der Waals surface area contributed by atoms with E-state index in [2.05, 4.69) is 0 Å².